The number of methoxy groups -OCH3 is 1. The first-order valence-corrected chi connectivity index (χ1v) is 13.7. The monoisotopic (exact) mass is 491 g/mol. The van der Waals surface area contributed by atoms with Gasteiger partial charge in [0.05, 0.1) is 7.11 Å². The van der Waals surface area contributed by atoms with Crippen LogP contribution in [0.3, 0.4) is 0 Å². The highest BCUT2D eigenvalue weighted by atomic mass is 16.5. The molecular weight excluding hydrogens is 446 g/mol. The number of primary amides is 1. The predicted octanol–water partition coefficient (Wildman–Crippen LogP) is 6.91. The zero-order valence-electron chi connectivity index (χ0n) is 22.8. The Morgan fingerprint density at radius 2 is 1.75 bits per heavy atom. The Morgan fingerprint density at radius 1 is 1.03 bits per heavy atom. The van der Waals surface area contributed by atoms with E-state index in [9.17, 15) is 4.79 Å². The Balaban J connectivity index is 0.000000454. The van der Waals surface area contributed by atoms with Gasteiger partial charge in [0.1, 0.15) is 5.75 Å². The minimum Gasteiger partial charge on any atom is -0.496 e. The number of piperidine rings is 1. The van der Waals surface area contributed by atoms with Crippen LogP contribution in [-0.4, -0.2) is 42.1 Å². The van der Waals surface area contributed by atoms with Gasteiger partial charge in [-0.3, -0.25) is 4.79 Å². The second-order valence-corrected chi connectivity index (χ2v) is 10.0. The van der Waals surface area contributed by atoms with Gasteiger partial charge >= 0.3 is 0 Å². The second-order valence-electron chi connectivity index (χ2n) is 10.0. The number of likely N-dealkylation sites (tertiary alicyclic amines) is 1. The number of fused-ring (bicyclic) bond motifs is 1. The summed E-state index contributed by atoms with van der Waals surface area (Å²) in [5, 5.41) is 1.16. The SMILES string of the molecule is CCCCCCC.COc1cccc(C)c1CCN1CCC(n2ccc3ccc(C(N)=O)cc32)CC1. The van der Waals surface area contributed by atoms with Crippen LogP contribution in [0, 0.1) is 6.92 Å². The van der Waals surface area contributed by atoms with Crippen LogP contribution in [-0.2, 0) is 6.42 Å². The van der Waals surface area contributed by atoms with E-state index in [1.165, 1.54) is 43.2 Å². The summed E-state index contributed by atoms with van der Waals surface area (Å²) in [6, 6.07) is 14.5. The molecule has 1 fully saturated rings. The minimum atomic E-state index is -0.374. The molecule has 0 atom stereocenters. The molecule has 1 aliphatic heterocycles. The van der Waals surface area contributed by atoms with Crippen molar-refractivity contribution in [3.63, 3.8) is 0 Å². The molecule has 1 aromatic heterocycles. The van der Waals surface area contributed by atoms with Gasteiger partial charge in [-0.05, 0) is 67.0 Å². The Hall–Kier alpha value is -2.79. The lowest BCUT2D eigenvalue weighted by Gasteiger charge is -2.33. The van der Waals surface area contributed by atoms with Crippen LogP contribution < -0.4 is 10.5 Å². The number of aromatic nitrogens is 1. The fraction of sp³-hybridized carbons (Fsp3) is 0.516. The Bertz CT molecular complexity index is 1090. The van der Waals surface area contributed by atoms with Crippen molar-refractivity contribution in [1.29, 1.82) is 0 Å². The number of ether oxygens (including phenoxy) is 1. The van der Waals surface area contributed by atoms with Gasteiger partial charge in [0, 0.05) is 43.0 Å². The quantitative estimate of drug-likeness (QED) is 0.313. The molecule has 0 aliphatic carbocycles. The first-order valence-electron chi connectivity index (χ1n) is 13.7. The molecule has 4 rings (SSSR count). The molecule has 0 bridgehead atoms. The van der Waals surface area contributed by atoms with Crippen LogP contribution in [0.4, 0.5) is 0 Å². The molecule has 0 spiro atoms. The average molecular weight is 492 g/mol. The van der Waals surface area contributed by atoms with Gasteiger partial charge in [-0.2, -0.15) is 0 Å². The maximum atomic E-state index is 11.6. The summed E-state index contributed by atoms with van der Waals surface area (Å²) in [6.45, 7) is 9.85. The number of aryl methyl sites for hydroxylation is 1. The number of nitrogens with zero attached hydrogens (tertiary/aromatic N) is 2. The lowest BCUT2D eigenvalue weighted by molar-refractivity contribution is 0.100. The molecule has 2 heterocycles. The van der Waals surface area contributed by atoms with Crippen molar-refractivity contribution < 1.29 is 9.53 Å². The largest absolute Gasteiger partial charge is 0.496 e. The maximum Gasteiger partial charge on any atom is 0.248 e. The molecule has 1 saturated heterocycles. The third-order valence-electron chi connectivity index (χ3n) is 7.43. The van der Waals surface area contributed by atoms with Crippen molar-refractivity contribution in [2.75, 3.05) is 26.7 Å². The molecular formula is C31H45N3O2. The predicted molar refractivity (Wildman–Crippen MR) is 151 cm³/mol. The average Bonchev–Trinajstić information content (AvgIpc) is 3.32. The van der Waals surface area contributed by atoms with E-state index in [0.29, 0.717) is 11.6 Å². The van der Waals surface area contributed by atoms with Gasteiger partial charge in [0.2, 0.25) is 5.91 Å². The van der Waals surface area contributed by atoms with Crippen molar-refractivity contribution in [3.8, 4) is 5.75 Å². The standard InChI is InChI=1S/C24H29N3O2.C7H16/c1-17-4-3-5-23(29-2)21(17)11-14-26-12-9-20(10-13-26)27-15-8-18-6-7-19(24(25)28)16-22(18)27;1-3-5-7-6-4-2/h3-8,15-16,20H,9-14H2,1-2H3,(H2,25,28);3-7H2,1-2H3. The molecule has 0 unspecified atom stereocenters. The normalized spacial score (nSPS) is 14.4. The van der Waals surface area contributed by atoms with Crippen molar-refractivity contribution >= 4 is 16.8 Å². The molecule has 2 N–H and O–H groups in total. The Morgan fingerprint density at radius 3 is 2.39 bits per heavy atom. The molecule has 36 heavy (non-hydrogen) atoms. The topological polar surface area (TPSA) is 60.5 Å². The third kappa shape index (κ3) is 7.36. The van der Waals surface area contributed by atoms with E-state index in [4.69, 9.17) is 10.5 Å². The van der Waals surface area contributed by atoms with Crippen LogP contribution in [0.1, 0.15) is 86.3 Å². The fourth-order valence-corrected chi connectivity index (χ4v) is 5.18. The van der Waals surface area contributed by atoms with Gasteiger partial charge < -0.3 is 19.9 Å². The minimum absolute atomic E-state index is 0.374. The van der Waals surface area contributed by atoms with Crippen LogP contribution in [0.2, 0.25) is 0 Å². The van der Waals surface area contributed by atoms with Gasteiger partial charge in [-0.25, -0.2) is 0 Å². The maximum absolute atomic E-state index is 11.6. The molecule has 2 aromatic carbocycles. The number of amides is 1. The lowest BCUT2D eigenvalue weighted by atomic mass is 10.0. The number of hydrogen-bond acceptors (Lipinski definition) is 3. The summed E-state index contributed by atoms with van der Waals surface area (Å²) in [5.74, 6) is 0.616. The van der Waals surface area contributed by atoms with Crippen LogP contribution in [0.5, 0.6) is 5.75 Å². The van der Waals surface area contributed by atoms with E-state index in [-0.39, 0.29) is 5.91 Å². The Labute approximate surface area is 217 Å². The number of hydrogen-bond donors (Lipinski definition) is 1. The first-order chi connectivity index (χ1) is 17.5. The summed E-state index contributed by atoms with van der Waals surface area (Å²) in [4.78, 5) is 14.1. The van der Waals surface area contributed by atoms with Crippen molar-refractivity contribution in [2.24, 2.45) is 5.73 Å². The van der Waals surface area contributed by atoms with E-state index in [1.807, 2.05) is 24.3 Å². The van der Waals surface area contributed by atoms with Crippen molar-refractivity contribution in [3.05, 3.63) is 65.4 Å². The zero-order chi connectivity index (χ0) is 25.9. The highest BCUT2D eigenvalue weighted by molar-refractivity contribution is 5.97. The van der Waals surface area contributed by atoms with Gasteiger partial charge in [0.15, 0.2) is 0 Å². The second kappa shape index (κ2) is 14.1. The van der Waals surface area contributed by atoms with Crippen LogP contribution in [0.15, 0.2) is 48.7 Å². The molecule has 5 heteroatoms. The molecule has 196 valence electrons. The van der Waals surface area contributed by atoms with E-state index in [1.54, 1.807) is 13.2 Å². The fourth-order valence-electron chi connectivity index (χ4n) is 5.18. The zero-order valence-corrected chi connectivity index (χ0v) is 22.8. The number of benzene rings is 2. The smallest absolute Gasteiger partial charge is 0.248 e. The van der Waals surface area contributed by atoms with Gasteiger partial charge in [-0.15, -0.1) is 0 Å². The molecule has 1 amide bonds. The summed E-state index contributed by atoms with van der Waals surface area (Å²) in [6.07, 6.45) is 12.4. The number of carbonyl (C=O) groups is 1. The van der Waals surface area contributed by atoms with Gasteiger partial charge in [0.25, 0.3) is 0 Å². The van der Waals surface area contributed by atoms with Crippen LogP contribution in [0.25, 0.3) is 10.9 Å². The van der Waals surface area contributed by atoms with E-state index < -0.39 is 0 Å². The lowest BCUT2D eigenvalue weighted by Crippen LogP contribution is -2.36. The van der Waals surface area contributed by atoms with Crippen molar-refractivity contribution in [2.45, 2.75) is 78.2 Å². The summed E-state index contributed by atoms with van der Waals surface area (Å²) in [5.41, 5.74) is 9.75. The third-order valence-corrected chi connectivity index (χ3v) is 7.43. The first kappa shape index (κ1) is 27.8. The molecule has 5 nitrogen and oxygen atoms in total. The number of carbonyl (C=O) groups excluding carboxylic acids is 1. The summed E-state index contributed by atoms with van der Waals surface area (Å²) < 4.78 is 7.87. The number of unbranched alkanes of at least 4 members (excludes halogenated alkanes) is 4. The summed E-state index contributed by atoms with van der Waals surface area (Å²) in [7, 11) is 1.74. The molecule has 1 aliphatic rings. The summed E-state index contributed by atoms with van der Waals surface area (Å²) >= 11 is 0. The number of nitrogens with two attached hydrogens (primary N) is 1. The van der Waals surface area contributed by atoms with E-state index in [2.05, 4.69) is 48.6 Å². The highest BCUT2D eigenvalue weighted by Crippen LogP contribution is 2.29. The number of rotatable bonds is 10. The highest BCUT2D eigenvalue weighted by Gasteiger charge is 2.22. The molecule has 0 saturated carbocycles. The van der Waals surface area contributed by atoms with Gasteiger partial charge in [-0.1, -0.05) is 64.2 Å². The van der Waals surface area contributed by atoms with E-state index in [0.717, 1.165) is 55.5 Å². The van der Waals surface area contributed by atoms with E-state index >= 15 is 0 Å². The van der Waals surface area contributed by atoms with Crippen molar-refractivity contribution in [1.82, 2.24) is 9.47 Å². The Kier molecular flexibility index (Phi) is 10.9. The molecule has 3 aromatic rings. The van der Waals surface area contributed by atoms with Crippen LogP contribution >= 0.6 is 0 Å². The molecule has 0 radical (unpaired) electrons.